The van der Waals surface area contributed by atoms with Crippen LogP contribution < -0.4 is 4.89 Å². The molecule has 9 nitrogen and oxygen atoms in total. The van der Waals surface area contributed by atoms with Crippen LogP contribution in [0.2, 0.25) is 0 Å². The molecule has 0 heterocycles. The first-order chi connectivity index (χ1) is 37.0. The number of carbonyl (C=O) groups is 2. The highest BCUT2D eigenvalue weighted by molar-refractivity contribution is 7.45. The Labute approximate surface area is 467 Å². The Morgan fingerprint density at radius 3 is 1.05 bits per heavy atom. The predicted octanol–water partition coefficient (Wildman–Crippen LogP) is 18.5. The molecule has 0 spiro atoms. The largest absolute Gasteiger partial charge is 0.756 e. The van der Waals surface area contributed by atoms with Gasteiger partial charge in [0.1, 0.15) is 19.8 Å². The van der Waals surface area contributed by atoms with E-state index in [0.29, 0.717) is 23.9 Å². The molecule has 0 amide bonds. The molecule has 0 N–H and O–H groups in total. The standard InChI is InChI=1S/C66H112NO8P/c1-6-8-10-12-14-16-18-20-22-24-26-27-28-29-30-31-32-33-34-35-36-37-38-39-41-43-45-47-49-51-53-55-57-59-66(69)75-64(63-74-76(70,71)73-61-60-67(3,4)5)62-72-65(68)58-56-54-52-50-48-46-44-42-40-25-23-21-19-17-15-13-11-9-7-2/h8-11,14-17,20-23,26-27,29-30,32-33,40,42,64H,6-7,12-13,18-19,24-25,28,31,34-39,41,43-63H2,1-5H3/b10-8-,11-9-,16-14-,17-15-,22-20-,23-21-,27-26-,30-29-,33-32-,42-40-. The van der Waals surface area contributed by atoms with Crippen LogP contribution in [-0.4, -0.2) is 70.0 Å². The average Bonchev–Trinajstić information content (AvgIpc) is 3.38. The summed E-state index contributed by atoms with van der Waals surface area (Å²) in [5.41, 5.74) is 0. The van der Waals surface area contributed by atoms with E-state index in [4.69, 9.17) is 18.5 Å². The van der Waals surface area contributed by atoms with Crippen LogP contribution in [0.15, 0.2) is 122 Å². The van der Waals surface area contributed by atoms with Gasteiger partial charge in [-0.15, -0.1) is 0 Å². The minimum Gasteiger partial charge on any atom is -0.756 e. The molecule has 2 atom stereocenters. The minimum atomic E-state index is -4.65. The Balaban J connectivity index is 4.13. The van der Waals surface area contributed by atoms with Crippen molar-refractivity contribution in [2.75, 3.05) is 47.5 Å². The first kappa shape index (κ1) is 72.4. The fourth-order valence-electron chi connectivity index (χ4n) is 7.89. The molecule has 0 saturated carbocycles. The molecular weight excluding hydrogens is 966 g/mol. The van der Waals surface area contributed by atoms with Crippen molar-refractivity contribution in [1.29, 1.82) is 0 Å². The Hall–Kier alpha value is -3.59. The molecule has 0 aliphatic heterocycles. The third kappa shape index (κ3) is 59.7. The Morgan fingerprint density at radius 2 is 0.711 bits per heavy atom. The molecule has 76 heavy (non-hydrogen) atoms. The lowest BCUT2D eigenvalue weighted by Gasteiger charge is -2.28. The molecule has 0 bridgehead atoms. The Bertz CT molecular complexity index is 1700. The third-order valence-electron chi connectivity index (χ3n) is 12.5. The lowest BCUT2D eigenvalue weighted by atomic mass is 10.0. The zero-order valence-corrected chi connectivity index (χ0v) is 50.0. The fourth-order valence-corrected chi connectivity index (χ4v) is 8.61. The van der Waals surface area contributed by atoms with E-state index in [1.54, 1.807) is 0 Å². The number of rotatable bonds is 54. The van der Waals surface area contributed by atoms with Crippen LogP contribution >= 0.6 is 7.82 Å². The average molecular weight is 1080 g/mol. The van der Waals surface area contributed by atoms with Gasteiger partial charge in [0, 0.05) is 12.8 Å². The summed E-state index contributed by atoms with van der Waals surface area (Å²) in [6, 6.07) is 0. The lowest BCUT2D eigenvalue weighted by Crippen LogP contribution is -2.37. The number of phosphoric acid groups is 1. The summed E-state index contributed by atoms with van der Waals surface area (Å²) < 4.78 is 34.2. The first-order valence-electron chi connectivity index (χ1n) is 30.2. The van der Waals surface area contributed by atoms with Crippen molar-refractivity contribution in [1.82, 2.24) is 0 Å². The highest BCUT2D eigenvalue weighted by Crippen LogP contribution is 2.38. The van der Waals surface area contributed by atoms with Gasteiger partial charge in [-0.05, 0) is 103 Å². The molecular formula is C66H112NO8P. The van der Waals surface area contributed by atoms with Crippen LogP contribution in [0.3, 0.4) is 0 Å². The quantitative estimate of drug-likeness (QED) is 0.0195. The van der Waals surface area contributed by atoms with Crippen LogP contribution in [0, 0.1) is 0 Å². The number of nitrogens with zero attached hydrogens (tertiary/aromatic N) is 1. The number of quaternary nitrogens is 1. The smallest absolute Gasteiger partial charge is 0.306 e. The normalized spacial score (nSPS) is 14.1. The maximum atomic E-state index is 12.8. The summed E-state index contributed by atoms with van der Waals surface area (Å²) in [5, 5.41) is 0. The van der Waals surface area contributed by atoms with Crippen molar-refractivity contribution in [2.45, 2.75) is 238 Å². The summed E-state index contributed by atoms with van der Waals surface area (Å²) in [5.74, 6) is -0.854. The van der Waals surface area contributed by atoms with Crippen molar-refractivity contribution in [3.63, 3.8) is 0 Å². The number of phosphoric ester groups is 1. The zero-order chi connectivity index (χ0) is 55.6. The highest BCUT2D eigenvalue weighted by Gasteiger charge is 2.22. The van der Waals surface area contributed by atoms with Gasteiger partial charge in [-0.1, -0.05) is 238 Å². The molecule has 0 saturated heterocycles. The third-order valence-corrected chi connectivity index (χ3v) is 13.4. The van der Waals surface area contributed by atoms with Crippen LogP contribution in [-0.2, 0) is 32.7 Å². The van der Waals surface area contributed by atoms with Gasteiger partial charge >= 0.3 is 11.9 Å². The van der Waals surface area contributed by atoms with E-state index in [-0.39, 0.29) is 26.1 Å². The molecule has 2 unspecified atom stereocenters. The van der Waals surface area contributed by atoms with Crippen LogP contribution in [0.1, 0.15) is 232 Å². The van der Waals surface area contributed by atoms with Crippen molar-refractivity contribution in [2.24, 2.45) is 0 Å². The maximum absolute atomic E-state index is 12.8. The van der Waals surface area contributed by atoms with Gasteiger partial charge in [0.2, 0.25) is 0 Å². The second-order valence-electron chi connectivity index (χ2n) is 20.9. The van der Waals surface area contributed by atoms with E-state index in [9.17, 15) is 19.0 Å². The number of likely N-dealkylation sites (N-methyl/N-ethyl adjacent to an activating group) is 1. The second kappa shape index (κ2) is 56.1. The van der Waals surface area contributed by atoms with Crippen molar-refractivity contribution >= 4 is 19.8 Å². The maximum Gasteiger partial charge on any atom is 0.306 e. The molecule has 10 heteroatoms. The molecule has 0 aromatic heterocycles. The summed E-state index contributed by atoms with van der Waals surface area (Å²) >= 11 is 0. The second-order valence-corrected chi connectivity index (χ2v) is 22.4. The number of hydrogen-bond donors (Lipinski definition) is 0. The lowest BCUT2D eigenvalue weighted by molar-refractivity contribution is -0.870. The van der Waals surface area contributed by atoms with Gasteiger partial charge in [-0.3, -0.25) is 14.2 Å². The van der Waals surface area contributed by atoms with Crippen LogP contribution in [0.5, 0.6) is 0 Å². The molecule has 0 aliphatic rings. The van der Waals surface area contributed by atoms with E-state index < -0.39 is 32.5 Å². The molecule has 434 valence electrons. The van der Waals surface area contributed by atoms with E-state index in [2.05, 4.69) is 135 Å². The molecule has 0 aromatic rings. The number of unbranched alkanes of at least 4 members (excludes halogenated alkanes) is 20. The predicted molar refractivity (Wildman–Crippen MR) is 323 cm³/mol. The van der Waals surface area contributed by atoms with Crippen molar-refractivity contribution in [3.05, 3.63) is 122 Å². The number of ether oxygens (including phenoxy) is 2. The SMILES string of the molecule is CC/C=C\C/C=C\C/C=C\C/C=C\C/C=C\C/C=C\CCCCCCCCCCCCCCCCC(=O)OC(COC(=O)CCCCCCCC/C=C\C/C=C\C/C=C\C/C=C\CC)COP(=O)([O-])OCC[N+](C)(C)C. The molecule has 0 aromatic carbocycles. The Morgan fingerprint density at radius 1 is 0.408 bits per heavy atom. The van der Waals surface area contributed by atoms with Crippen molar-refractivity contribution in [3.8, 4) is 0 Å². The minimum absolute atomic E-state index is 0.0389. The van der Waals surface area contributed by atoms with Gasteiger partial charge in [0.05, 0.1) is 27.7 Å². The molecule has 0 aliphatic carbocycles. The number of hydrogen-bond acceptors (Lipinski definition) is 8. The Kier molecular flexibility index (Phi) is 53.5. The highest BCUT2D eigenvalue weighted by atomic mass is 31.2. The van der Waals surface area contributed by atoms with Crippen LogP contribution in [0.4, 0.5) is 0 Å². The summed E-state index contributed by atoms with van der Waals surface area (Å²) in [4.78, 5) is 37.9. The summed E-state index contributed by atoms with van der Waals surface area (Å²) in [6.07, 6.45) is 79.6. The van der Waals surface area contributed by atoms with Gasteiger partial charge in [0.15, 0.2) is 6.10 Å². The van der Waals surface area contributed by atoms with E-state index in [1.807, 2.05) is 21.1 Å². The van der Waals surface area contributed by atoms with Crippen molar-refractivity contribution < 1.29 is 42.1 Å². The fraction of sp³-hybridized carbons (Fsp3) is 0.667. The van der Waals surface area contributed by atoms with Gasteiger partial charge < -0.3 is 27.9 Å². The number of allylic oxidation sites excluding steroid dienone is 20. The summed E-state index contributed by atoms with van der Waals surface area (Å²) in [6.45, 7) is 3.99. The van der Waals surface area contributed by atoms with Gasteiger partial charge in [-0.2, -0.15) is 0 Å². The topological polar surface area (TPSA) is 111 Å². The van der Waals surface area contributed by atoms with Crippen LogP contribution in [0.25, 0.3) is 0 Å². The summed E-state index contributed by atoms with van der Waals surface area (Å²) in [7, 11) is 1.14. The molecule has 0 rings (SSSR count). The zero-order valence-electron chi connectivity index (χ0n) is 49.2. The van der Waals surface area contributed by atoms with E-state index >= 15 is 0 Å². The van der Waals surface area contributed by atoms with E-state index in [1.165, 1.54) is 70.6 Å². The molecule has 0 fully saturated rings. The first-order valence-corrected chi connectivity index (χ1v) is 31.7. The monoisotopic (exact) mass is 1080 g/mol. The van der Waals surface area contributed by atoms with Gasteiger partial charge in [-0.25, -0.2) is 0 Å². The van der Waals surface area contributed by atoms with E-state index in [0.717, 1.165) is 122 Å². The molecule has 0 radical (unpaired) electrons. The number of esters is 2. The van der Waals surface area contributed by atoms with Gasteiger partial charge in [0.25, 0.3) is 7.82 Å². The number of carbonyl (C=O) groups excluding carboxylic acids is 2.